The van der Waals surface area contributed by atoms with Gasteiger partial charge in [0.1, 0.15) is 17.9 Å². The summed E-state index contributed by atoms with van der Waals surface area (Å²) in [5.41, 5.74) is 2.23. The smallest absolute Gasteiger partial charge is 0.343 e. The molecule has 28 heavy (non-hydrogen) atoms. The molecule has 0 saturated carbocycles. The predicted octanol–water partition coefficient (Wildman–Crippen LogP) is 3.78. The number of carbonyl (C=O) groups is 1. The van der Waals surface area contributed by atoms with Crippen molar-refractivity contribution in [2.45, 2.75) is 39.2 Å². The Kier molecular flexibility index (Phi) is 6.10. The number of rotatable bonds is 6. The summed E-state index contributed by atoms with van der Waals surface area (Å²) in [4.78, 5) is 24.8. The Bertz CT molecular complexity index is 953. The second-order valence-electron chi connectivity index (χ2n) is 6.77. The van der Waals surface area contributed by atoms with Crippen molar-refractivity contribution in [1.29, 1.82) is 0 Å². The van der Waals surface area contributed by atoms with Crippen LogP contribution in [-0.2, 0) is 4.74 Å². The van der Waals surface area contributed by atoms with Crippen molar-refractivity contribution < 1.29 is 19.4 Å². The second kappa shape index (κ2) is 8.37. The quantitative estimate of drug-likeness (QED) is 0.740. The lowest BCUT2D eigenvalue weighted by molar-refractivity contribution is 0.0523. The molecule has 0 spiro atoms. The number of aromatic nitrogens is 1. The fourth-order valence-electron chi connectivity index (χ4n) is 3.83. The van der Waals surface area contributed by atoms with Gasteiger partial charge >= 0.3 is 5.97 Å². The van der Waals surface area contributed by atoms with E-state index in [2.05, 4.69) is 13.8 Å². The first-order chi connectivity index (χ1) is 13.4. The molecule has 1 aliphatic heterocycles. The summed E-state index contributed by atoms with van der Waals surface area (Å²) in [7, 11) is 0. The molecule has 1 aromatic carbocycles. The van der Waals surface area contributed by atoms with Crippen LogP contribution in [0, 0.1) is 0 Å². The number of halogens is 1. The molecule has 0 bridgehead atoms. The minimum absolute atomic E-state index is 0.0358. The van der Waals surface area contributed by atoms with E-state index in [1.54, 1.807) is 19.2 Å². The molecule has 0 radical (unpaired) electrons. The third kappa shape index (κ3) is 3.54. The van der Waals surface area contributed by atoms with Crippen molar-refractivity contribution in [3.8, 4) is 17.0 Å². The summed E-state index contributed by atoms with van der Waals surface area (Å²) in [6, 6.07) is 5.20. The third-order valence-corrected chi connectivity index (χ3v) is 5.44. The summed E-state index contributed by atoms with van der Waals surface area (Å²) in [6.45, 7) is 6.14. The highest BCUT2D eigenvalue weighted by Gasteiger charge is 2.31. The molecule has 1 aromatic heterocycles. The average molecular weight is 406 g/mol. The highest BCUT2D eigenvalue weighted by Crippen LogP contribution is 2.46. The lowest BCUT2D eigenvalue weighted by Crippen LogP contribution is -2.28. The van der Waals surface area contributed by atoms with Crippen LogP contribution in [0.15, 0.2) is 29.2 Å². The topological polar surface area (TPSA) is 77.8 Å². The van der Waals surface area contributed by atoms with Gasteiger partial charge in [0.05, 0.1) is 23.9 Å². The molecule has 7 heteroatoms. The van der Waals surface area contributed by atoms with Crippen LogP contribution in [0.4, 0.5) is 0 Å². The molecular formula is C21H24ClNO5. The molecule has 2 unspecified atom stereocenters. The van der Waals surface area contributed by atoms with Crippen LogP contribution < -0.4 is 10.2 Å². The number of pyridine rings is 1. The molecule has 6 nitrogen and oxygen atoms in total. The molecule has 1 aliphatic rings. The van der Waals surface area contributed by atoms with Gasteiger partial charge in [-0.25, -0.2) is 4.79 Å². The molecular weight excluding hydrogens is 382 g/mol. The fraction of sp³-hybridized carbons (Fsp3) is 0.429. The largest absolute Gasteiger partial charge is 0.490 e. The van der Waals surface area contributed by atoms with E-state index in [1.807, 2.05) is 10.6 Å². The van der Waals surface area contributed by atoms with Crippen molar-refractivity contribution in [3.63, 3.8) is 0 Å². The minimum atomic E-state index is -0.609. The van der Waals surface area contributed by atoms with Crippen LogP contribution in [0.2, 0.25) is 5.02 Å². The lowest BCUT2D eigenvalue weighted by Gasteiger charge is -2.36. The van der Waals surface area contributed by atoms with Crippen LogP contribution in [0.3, 0.4) is 0 Å². The van der Waals surface area contributed by atoms with Gasteiger partial charge in [0.2, 0.25) is 0 Å². The van der Waals surface area contributed by atoms with E-state index in [0.717, 1.165) is 17.5 Å². The maximum absolute atomic E-state index is 12.6. The van der Waals surface area contributed by atoms with Gasteiger partial charge in [-0.05, 0) is 31.0 Å². The Morgan fingerprint density at radius 1 is 1.29 bits per heavy atom. The number of ether oxygens (including phenoxy) is 2. The Morgan fingerprint density at radius 2 is 2.04 bits per heavy atom. The van der Waals surface area contributed by atoms with Crippen LogP contribution >= 0.6 is 11.6 Å². The van der Waals surface area contributed by atoms with Crippen molar-refractivity contribution in [3.05, 3.63) is 50.8 Å². The number of hydrogen-bond acceptors (Lipinski definition) is 5. The van der Waals surface area contributed by atoms with Gasteiger partial charge in [-0.3, -0.25) is 4.79 Å². The van der Waals surface area contributed by atoms with Gasteiger partial charge in [-0.2, -0.15) is 0 Å². The molecule has 150 valence electrons. The number of aliphatic hydroxyl groups is 1. The standard InChI is InChI=1S/C21H24ClNO5/c1-4-17-12(3)13-9-20(28-7-6-24)16(22)8-14(13)18-10-19(25)15(11-23(17)18)21(26)27-5-2/h8-12,17,24H,4-7H2,1-3H3. The van der Waals surface area contributed by atoms with Gasteiger partial charge in [0.15, 0.2) is 5.43 Å². The third-order valence-electron chi connectivity index (χ3n) is 5.15. The van der Waals surface area contributed by atoms with E-state index in [4.69, 9.17) is 26.2 Å². The first kappa shape index (κ1) is 20.4. The second-order valence-corrected chi connectivity index (χ2v) is 7.18. The van der Waals surface area contributed by atoms with Crippen molar-refractivity contribution in [1.82, 2.24) is 4.57 Å². The summed E-state index contributed by atoms with van der Waals surface area (Å²) in [5.74, 6) is 0.00999. The normalized spacial score (nSPS) is 17.6. The Morgan fingerprint density at radius 3 is 2.68 bits per heavy atom. The molecule has 1 N–H and O–H groups in total. The number of benzene rings is 1. The molecule has 0 aliphatic carbocycles. The summed E-state index contributed by atoms with van der Waals surface area (Å²) in [5, 5.41) is 9.42. The van der Waals surface area contributed by atoms with E-state index < -0.39 is 5.97 Å². The van der Waals surface area contributed by atoms with Gasteiger partial charge in [0.25, 0.3) is 0 Å². The first-order valence-corrected chi connectivity index (χ1v) is 9.81. The first-order valence-electron chi connectivity index (χ1n) is 9.43. The van der Waals surface area contributed by atoms with Crippen molar-refractivity contribution in [2.75, 3.05) is 19.8 Å². The lowest BCUT2D eigenvalue weighted by atomic mass is 9.83. The van der Waals surface area contributed by atoms with Gasteiger partial charge in [0, 0.05) is 29.8 Å². The van der Waals surface area contributed by atoms with E-state index >= 15 is 0 Å². The molecule has 0 fully saturated rings. The number of nitrogens with zero attached hydrogens (tertiary/aromatic N) is 1. The van der Waals surface area contributed by atoms with E-state index in [9.17, 15) is 9.59 Å². The van der Waals surface area contributed by atoms with Crippen molar-refractivity contribution in [2.24, 2.45) is 0 Å². The average Bonchev–Trinajstić information content (AvgIpc) is 2.67. The highest BCUT2D eigenvalue weighted by atomic mass is 35.5. The number of esters is 1. The highest BCUT2D eigenvalue weighted by molar-refractivity contribution is 6.32. The van der Waals surface area contributed by atoms with Gasteiger partial charge < -0.3 is 19.1 Å². The maximum atomic E-state index is 12.6. The molecule has 0 amide bonds. The van der Waals surface area contributed by atoms with Crippen LogP contribution in [0.1, 0.15) is 55.1 Å². The van der Waals surface area contributed by atoms with Crippen LogP contribution in [0.5, 0.6) is 5.75 Å². The molecule has 3 rings (SSSR count). The minimum Gasteiger partial charge on any atom is -0.490 e. The molecule has 2 atom stereocenters. The predicted molar refractivity (Wildman–Crippen MR) is 107 cm³/mol. The number of fused-ring (bicyclic) bond motifs is 3. The van der Waals surface area contributed by atoms with Gasteiger partial charge in [-0.1, -0.05) is 25.4 Å². The number of hydrogen-bond donors (Lipinski definition) is 1. The zero-order valence-electron chi connectivity index (χ0n) is 16.2. The van der Waals surface area contributed by atoms with Crippen LogP contribution in [-0.4, -0.2) is 35.5 Å². The summed E-state index contributed by atoms with van der Waals surface area (Å²) >= 11 is 6.38. The number of carbonyl (C=O) groups excluding carboxylic acids is 1. The van der Waals surface area contributed by atoms with Gasteiger partial charge in [-0.15, -0.1) is 0 Å². The Balaban J connectivity index is 2.19. The van der Waals surface area contributed by atoms with E-state index in [0.29, 0.717) is 16.5 Å². The number of aliphatic hydroxyl groups excluding tert-OH is 1. The van der Waals surface area contributed by atoms with E-state index in [-0.39, 0.29) is 42.8 Å². The SMILES string of the molecule is CCOC(=O)c1cn2c(cc1=O)-c1cc(Cl)c(OCCO)cc1C(C)C2CC. The Labute approximate surface area is 168 Å². The van der Waals surface area contributed by atoms with Crippen molar-refractivity contribution >= 4 is 17.6 Å². The summed E-state index contributed by atoms with van der Waals surface area (Å²) in [6.07, 6.45) is 2.42. The monoisotopic (exact) mass is 405 g/mol. The zero-order valence-corrected chi connectivity index (χ0v) is 17.0. The van der Waals surface area contributed by atoms with E-state index in [1.165, 1.54) is 6.07 Å². The summed E-state index contributed by atoms with van der Waals surface area (Å²) < 4.78 is 12.6. The van der Waals surface area contributed by atoms with Crippen LogP contribution in [0.25, 0.3) is 11.3 Å². The fourth-order valence-corrected chi connectivity index (χ4v) is 4.05. The Hall–Kier alpha value is -2.31. The molecule has 2 heterocycles. The zero-order chi connectivity index (χ0) is 20.4. The molecule has 2 aromatic rings. The molecule has 0 saturated heterocycles. The maximum Gasteiger partial charge on any atom is 0.343 e.